The zero-order valence-corrected chi connectivity index (χ0v) is 19.4. The minimum atomic E-state index is -2.57. The van der Waals surface area contributed by atoms with Crippen LogP contribution >= 0.6 is 0 Å². The van der Waals surface area contributed by atoms with Crippen molar-refractivity contribution in [2.24, 2.45) is 0 Å². The molecule has 4 rings (SSSR count). The third kappa shape index (κ3) is 4.57. The van der Waals surface area contributed by atoms with E-state index in [1.807, 2.05) is 31.2 Å². The summed E-state index contributed by atoms with van der Waals surface area (Å²) < 4.78 is 26.8. The average Bonchev–Trinajstić information content (AvgIpc) is 2.84. The number of nitrogens with one attached hydrogen (secondary N) is 2. The number of anilines is 2. The van der Waals surface area contributed by atoms with Gasteiger partial charge in [-0.05, 0) is 53.9 Å². The van der Waals surface area contributed by atoms with Crippen LogP contribution in [0.4, 0.5) is 20.3 Å². The van der Waals surface area contributed by atoms with Crippen molar-refractivity contribution in [1.29, 1.82) is 0 Å². The first-order valence-corrected chi connectivity index (χ1v) is 10.8. The number of alkyl halides is 2. The van der Waals surface area contributed by atoms with Crippen molar-refractivity contribution in [3.05, 3.63) is 77.9 Å². The number of aryl methyl sites for hydroxylation is 1. The normalized spacial score (nSPS) is 11.6. The number of rotatable bonds is 6. The molecule has 0 aliphatic heterocycles. The third-order valence-corrected chi connectivity index (χ3v) is 5.91. The van der Waals surface area contributed by atoms with Gasteiger partial charge in [0.2, 0.25) is 6.43 Å². The second-order valence-corrected chi connectivity index (χ2v) is 8.67. The molecule has 0 spiro atoms. The van der Waals surface area contributed by atoms with Gasteiger partial charge >= 0.3 is 0 Å². The van der Waals surface area contributed by atoms with Gasteiger partial charge in [0.15, 0.2) is 0 Å². The molecular weight excluding hydrogens is 436 g/mol. The van der Waals surface area contributed by atoms with Gasteiger partial charge in [0.05, 0.1) is 10.9 Å². The fourth-order valence-corrected chi connectivity index (χ4v) is 3.59. The van der Waals surface area contributed by atoms with E-state index in [4.69, 9.17) is 0 Å². The average molecular weight is 462 g/mol. The molecule has 0 fully saturated rings. The summed E-state index contributed by atoms with van der Waals surface area (Å²) in [6, 6.07) is 12.3. The molecule has 4 aromatic rings. The molecule has 1 amide bonds. The van der Waals surface area contributed by atoms with Crippen molar-refractivity contribution < 1.29 is 13.6 Å². The lowest BCUT2D eigenvalue weighted by Crippen LogP contribution is -2.27. The molecule has 0 bridgehead atoms. The quantitative estimate of drug-likeness (QED) is 0.377. The number of nitrogens with zero attached hydrogens (tertiary/aromatic N) is 3. The molecule has 0 radical (unpaired) electrons. The minimum absolute atomic E-state index is 0.0761. The highest BCUT2D eigenvalue weighted by molar-refractivity contribution is 6.03. The fourth-order valence-electron chi connectivity index (χ4n) is 3.59. The van der Waals surface area contributed by atoms with Gasteiger partial charge in [-0.1, -0.05) is 19.9 Å². The second-order valence-electron chi connectivity index (χ2n) is 8.67. The topological polar surface area (TPSA) is 79.8 Å². The van der Waals surface area contributed by atoms with E-state index >= 15 is 0 Å². The SMILES string of the molecule is CNc1cc2ncc(-c3cc(NC(=O)c4cc(C(C)(C)C(F)F)ccn4)ccc3C)cc2cn1. The van der Waals surface area contributed by atoms with E-state index in [2.05, 4.69) is 25.6 Å². The van der Waals surface area contributed by atoms with Gasteiger partial charge in [0.25, 0.3) is 5.91 Å². The molecule has 174 valence electrons. The Labute approximate surface area is 196 Å². The monoisotopic (exact) mass is 461 g/mol. The molecule has 0 aliphatic rings. The molecule has 3 heterocycles. The number of amides is 1. The lowest BCUT2D eigenvalue weighted by molar-refractivity contribution is 0.0692. The number of pyridine rings is 3. The molecule has 3 aromatic heterocycles. The first-order chi connectivity index (χ1) is 16.2. The van der Waals surface area contributed by atoms with Crippen LogP contribution in [0.5, 0.6) is 0 Å². The molecule has 34 heavy (non-hydrogen) atoms. The highest BCUT2D eigenvalue weighted by Crippen LogP contribution is 2.31. The Bertz CT molecular complexity index is 1370. The van der Waals surface area contributed by atoms with Crippen LogP contribution in [0.1, 0.15) is 35.5 Å². The van der Waals surface area contributed by atoms with Gasteiger partial charge in [0.1, 0.15) is 11.5 Å². The number of aromatic nitrogens is 3. The highest BCUT2D eigenvalue weighted by Gasteiger charge is 2.32. The van der Waals surface area contributed by atoms with Crippen molar-refractivity contribution in [3.63, 3.8) is 0 Å². The van der Waals surface area contributed by atoms with Crippen LogP contribution in [-0.2, 0) is 5.41 Å². The van der Waals surface area contributed by atoms with E-state index in [1.165, 1.54) is 32.2 Å². The maximum absolute atomic E-state index is 13.4. The van der Waals surface area contributed by atoms with Gasteiger partial charge in [-0.15, -0.1) is 0 Å². The molecule has 0 saturated carbocycles. The fraction of sp³-hybridized carbons (Fsp3) is 0.231. The minimum Gasteiger partial charge on any atom is -0.373 e. The lowest BCUT2D eigenvalue weighted by Gasteiger charge is -2.24. The van der Waals surface area contributed by atoms with Crippen molar-refractivity contribution >= 4 is 28.3 Å². The lowest BCUT2D eigenvalue weighted by atomic mass is 9.85. The smallest absolute Gasteiger partial charge is 0.274 e. The Morgan fingerprint density at radius 3 is 2.53 bits per heavy atom. The van der Waals surface area contributed by atoms with Gasteiger partial charge in [-0.2, -0.15) is 0 Å². The zero-order chi connectivity index (χ0) is 24.5. The number of hydrogen-bond acceptors (Lipinski definition) is 5. The number of halogens is 2. The summed E-state index contributed by atoms with van der Waals surface area (Å²) >= 11 is 0. The Kier molecular flexibility index (Phi) is 6.24. The van der Waals surface area contributed by atoms with Crippen molar-refractivity contribution in [2.45, 2.75) is 32.6 Å². The molecule has 0 atom stereocenters. The van der Waals surface area contributed by atoms with Crippen LogP contribution in [0.25, 0.3) is 22.0 Å². The predicted octanol–water partition coefficient (Wildman–Crippen LogP) is 5.84. The summed E-state index contributed by atoms with van der Waals surface area (Å²) in [6.07, 6.45) is 2.36. The molecule has 1 aromatic carbocycles. The van der Waals surface area contributed by atoms with Crippen molar-refractivity contribution in [1.82, 2.24) is 15.0 Å². The van der Waals surface area contributed by atoms with E-state index in [0.29, 0.717) is 11.3 Å². The maximum atomic E-state index is 13.4. The maximum Gasteiger partial charge on any atom is 0.274 e. The largest absolute Gasteiger partial charge is 0.373 e. The number of carbonyl (C=O) groups is 1. The first-order valence-electron chi connectivity index (χ1n) is 10.8. The summed E-state index contributed by atoms with van der Waals surface area (Å²) in [7, 11) is 1.80. The number of carbonyl (C=O) groups excluding carboxylic acids is 1. The van der Waals surface area contributed by atoms with Crippen LogP contribution in [0.15, 0.2) is 61.1 Å². The summed E-state index contributed by atoms with van der Waals surface area (Å²) in [4.78, 5) is 25.8. The second kappa shape index (κ2) is 9.13. The number of benzene rings is 1. The van der Waals surface area contributed by atoms with Gasteiger partial charge < -0.3 is 10.6 Å². The van der Waals surface area contributed by atoms with Crippen molar-refractivity contribution in [3.8, 4) is 11.1 Å². The van der Waals surface area contributed by atoms with E-state index in [9.17, 15) is 13.6 Å². The summed E-state index contributed by atoms with van der Waals surface area (Å²) in [5.41, 5.74) is 3.23. The molecule has 6 nitrogen and oxygen atoms in total. The number of fused-ring (bicyclic) bond motifs is 1. The molecular formula is C26H25F2N5O. The van der Waals surface area contributed by atoms with Crippen LogP contribution in [0.2, 0.25) is 0 Å². The van der Waals surface area contributed by atoms with Crippen LogP contribution in [0, 0.1) is 6.92 Å². The Hall–Kier alpha value is -3.94. The Balaban J connectivity index is 1.62. The van der Waals surface area contributed by atoms with Gasteiger partial charge in [-0.3, -0.25) is 14.8 Å². The third-order valence-electron chi connectivity index (χ3n) is 5.91. The van der Waals surface area contributed by atoms with Crippen LogP contribution in [0.3, 0.4) is 0 Å². The summed E-state index contributed by atoms with van der Waals surface area (Å²) in [5.74, 6) is 0.269. The predicted molar refractivity (Wildman–Crippen MR) is 130 cm³/mol. The molecule has 0 saturated heterocycles. The number of hydrogen-bond donors (Lipinski definition) is 2. The van der Waals surface area contributed by atoms with E-state index in [0.717, 1.165) is 33.4 Å². The zero-order valence-electron chi connectivity index (χ0n) is 19.4. The summed E-state index contributed by atoms with van der Waals surface area (Å²) in [6.45, 7) is 4.85. The molecule has 8 heteroatoms. The summed E-state index contributed by atoms with van der Waals surface area (Å²) in [5, 5.41) is 6.72. The van der Waals surface area contributed by atoms with Crippen LogP contribution in [-0.4, -0.2) is 34.3 Å². The van der Waals surface area contributed by atoms with E-state index in [1.54, 1.807) is 25.5 Å². The van der Waals surface area contributed by atoms with E-state index < -0.39 is 17.7 Å². The molecule has 0 unspecified atom stereocenters. The highest BCUT2D eigenvalue weighted by atomic mass is 19.3. The van der Waals surface area contributed by atoms with E-state index in [-0.39, 0.29) is 5.69 Å². The Morgan fingerprint density at radius 2 is 1.79 bits per heavy atom. The Morgan fingerprint density at radius 1 is 1.00 bits per heavy atom. The molecule has 2 N–H and O–H groups in total. The first kappa shape index (κ1) is 23.2. The van der Waals surface area contributed by atoms with Gasteiger partial charge in [0, 0.05) is 48.3 Å². The van der Waals surface area contributed by atoms with Crippen LogP contribution < -0.4 is 10.6 Å². The standard InChI is InChI=1S/C26H25F2N5O/c1-15-5-6-19(33-24(34)22-10-18(7-8-30-22)26(2,3)25(27)28)11-20(15)16-9-17-14-32-23(29-4)12-21(17)31-13-16/h5-14,25H,1-4H3,(H,29,32)(H,33,34). The van der Waals surface area contributed by atoms with Gasteiger partial charge in [-0.25, -0.2) is 13.8 Å². The van der Waals surface area contributed by atoms with Crippen molar-refractivity contribution in [2.75, 3.05) is 17.7 Å². The molecule has 0 aliphatic carbocycles.